The van der Waals surface area contributed by atoms with Gasteiger partial charge in [-0.25, -0.2) is 0 Å². The smallest absolute Gasteiger partial charge is 0.325 e. The van der Waals surface area contributed by atoms with Gasteiger partial charge in [-0.2, -0.15) is 0 Å². The maximum absolute atomic E-state index is 11.6. The summed E-state index contributed by atoms with van der Waals surface area (Å²) in [7, 11) is 1.29. The molecule has 0 aromatic rings. The zero-order chi connectivity index (χ0) is 11.5. The van der Waals surface area contributed by atoms with Crippen molar-refractivity contribution in [1.82, 2.24) is 10.6 Å². The fraction of sp³-hybridized carbons (Fsp3) is 0.778. The van der Waals surface area contributed by atoms with E-state index in [9.17, 15) is 9.59 Å². The van der Waals surface area contributed by atoms with Crippen molar-refractivity contribution < 1.29 is 14.3 Å². The molecule has 6 heteroatoms. The minimum atomic E-state index is -0.437. The van der Waals surface area contributed by atoms with Crippen LogP contribution in [0, 0.1) is 0 Å². The topological polar surface area (TPSA) is 67.4 Å². The number of hydrogen-bond donors (Lipinski definition) is 2. The number of hydrogen-bond acceptors (Lipinski definition) is 5. The van der Waals surface area contributed by atoms with Gasteiger partial charge in [0.2, 0.25) is 5.91 Å². The first-order valence-electron chi connectivity index (χ1n) is 4.71. The summed E-state index contributed by atoms with van der Waals surface area (Å²) in [5, 5.41) is 5.69. The Labute approximate surface area is 93.3 Å². The highest BCUT2D eigenvalue weighted by Crippen LogP contribution is 2.28. The third-order valence-corrected chi connectivity index (χ3v) is 3.42. The Morgan fingerprint density at radius 1 is 1.60 bits per heavy atom. The summed E-state index contributed by atoms with van der Waals surface area (Å²) in [6.45, 7) is 3.97. The second kappa shape index (κ2) is 4.85. The Kier molecular flexibility index (Phi) is 3.98. The SMILES string of the molecule is COC(=O)CNC(=O)[C@@H]1CSC(C)(C)N1. The van der Waals surface area contributed by atoms with Crippen LogP contribution in [0.4, 0.5) is 0 Å². The maximum atomic E-state index is 11.6. The number of amides is 1. The number of thioether (sulfide) groups is 1. The average molecular weight is 232 g/mol. The lowest BCUT2D eigenvalue weighted by molar-refractivity contribution is -0.141. The highest BCUT2D eigenvalue weighted by atomic mass is 32.2. The van der Waals surface area contributed by atoms with Crippen molar-refractivity contribution >= 4 is 23.6 Å². The summed E-state index contributed by atoms with van der Waals surface area (Å²) in [5.41, 5.74) is 0. The molecule has 0 aliphatic carbocycles. The van der Waals surface area contributed by atoms with Crippen molar-refractivity contribution in [1.29, 1.82) is 0 Å². The molecule has 1 aliphatic rings. The normalized spacial score (nSPS) is 23.5. The molecule has 5 nitrogen and oxygen atoms in total. The Morgan fingerprint density at radius 2 is 2.27 bits per heavy atom. The number of esters is 1. The zero-order valence-corrected chi connectivity index (χ0v) is 9.94. The van der Waals surface area contributed by atoms with Crippen molar-refractivity contribution in [2.45, 2.75) is 24.8 Å². The molecular formula is C9H16N2O3S. The van der Waals surface area contributed by atoms with Crippen molar-refractivity contribution in [3.63, 3.8) is 0 Å². The number of ether oxygens (including phenoxy) is 1. The van der Waals surface area contributed by atoms with Crippen LogP contribution in [0.5, 0.6) is 0 Å². The Hall–Kier alpha value is -0.750. The van der Waals surface area contributed by atoms with Gasteiger partial charge in [0.15, 0.2) is 0 Å². The minimum Gasteiger partial charge on any atom is -0.468 e. The molecule has 1 amide bonds. The highest BCUT2D eigenvalue weighted by molar-refractivity contribution is 8.00. The van der Waals surface area contributed by atoms with Crippen LogP contribution in [0.2, 0.25) is 0 Å². The van der Waals surface area contributed by atoms with E-state index in [0.29, 0.717) is 0 Å². The molecule has 0 radical (unpaired) electrons. The molecule has 1 atom stereocenters. The third-order valence-electron chi connectivity index (χ3n) is 2.08. The summed E-state index contributed by atoms with van der Waals surface area (Å²) in [6.07, 6.45) is 0. The van der Waals surface area contributed by atoms with Crippen LogP contribution in [-0.2, 0) is 14.3 Å². The van der Waals surface area contributed by atoms with E-state index in [1.807, 2.05) is 13.8 Å². The predicted molar refractivity (Wildman–Crippen MR) is 58.5 cm³/mol. The van der Waals surface area contributed by atoms with E-state index in [2.05, 4.69) is 15.4 Å². The number of rotatable bonds is 3. The summed E-state index contributed by atoms with van der Waals surface area (Å²) in [6, 6.07) is -0.227. The van der Waals surface area contributed by atoms with Crippen molar-refractivity contribution in [2.75, 3.05) is 19.4 Å². The lowest BCUT2D eigenvalue weighted by Crippen LogP contribution is -2.47. The molecule has 0 aromatic carbocycles. The van der Waals surface area contributed by atoms with Gasteiger partial charge in [0.05, 0.1) is 18.0 Å². The number of carbonyl (C=O) groups excluding carboxylic acids is 2. The lowest BCUT2D eigenvalue weighted by Gasteiger charge is -2.18. The first kappa shape index (κ1) is 12.3. The quantitative estimate of drug-likeness (QED) is 0.655. The van der Waals surface area contributed by atoms with Crippen LogP contribution >= 0.6 is 11.8 Å². The first-order chi connectivity index (χ1) is 6.94. The van der Waals surface area contributed by atoms with Crippen LogP contribution in [0.15, 0.2) is 0 Å². The second-order valence-electron chi connectivity index (χ2n) is 3.81. The Bertz CT molecular complexity index is 268. The summed E-state index contributed by atoms with van der Waals surface area (Å²) in [5.74, 6) is 0.131. The number of carbonyl (C=O) groups is 2. The average Bonchev–Trinajstić information content (AvgIpc) is 2.54. The molecule has 1 aliphatic heterocycles. The van der Waals surface area contributed by atoms with E-state index in [4.69, 9.17) is 0 Å². The van der Waals surface area contributed by atoms with Crippen LogP contribution in [0.25, 0.3) is 0 Å². The van der Waals surface area contributed by atoms with Gasteiger partial charge in [-0.3, -0.25) is 14.9 Å². The molecule has 0 bridgehead atoms. The van der Waals surface area contributed by atoms with Gasteiger partial charge < -0.3 is 10.1 Å². The molecule has 1 rings (SSSR count). The van der Waals surface area contributed by atoms with Crippen molar-refractivity contribution in [3.05, 3.63) is 0 Å². The first-order valence-corrected chi connectivity index (χ1v) is 5.69. The largest absolute Gasteiger partial charge is 0.468 e. The molecule has 0 aromatic heterocycles. The molecule has 1 heterocycles. The van der Waals surface area contributed by atoms with E-state index in [1.165, 1.54) is 7.11 Å². The monoisotopic (exact) mass is 232 g/mol. The molecule has 2 N–H and O–H groups in total. The van der Waals surface area contributed by atoms with Gasteiger partial charge in [-0.1, -0.05) is 0 Å². The Balaban J connectivity index is 2.33. The van der Waals surface area contributed by atoms with Gasteiger partial charge in [0.1, 0.15) is 6.54 Å². The minimum absolute atomic E-state index is 0.0708. The number of methoxy groups -OCH3 is 1. The van der Waals surface area contributed by atoms with Gasteiger partial charge in [-0.05, 0) is 13.8 Å². The predicted octanol–water partition coefficient (Wildman–Crippen LogP) is -0.283. The van der Waals surface area contributed by atoms with Crippen molar-refractivity contribution in [2.24, 2.45) is 0 Å². The molecular weight excluding hydrogens is 216 g/mol. The zero-order valence-electron chi connectivity index (χ0n) is 9.12. The lowest BCUT2D eigenvalue weighted by atomic mass is 10.2. The van der Waals surface area contributed by atoms with E-state index in [-0.39, 0.29) is 23.4 Å². The standard InChI is InChI=1S/C9H16N2O3S/c1-9(2)11-6(5-15-9)8(13)10-4-7(12)14-3/h6,11H,4-5H2,1-3H3,(H,10,13)/t6-/m0/s1. The van der Waals surface area contributed by atoms with E-state index < -0.39 is 5.97 Å². The fourth-order valence-corrected chi connectivity index (χ4v) is 2.33. The molecule has 1 fully saturated rings. The summed E-state index contributed by atoms with van der Waals surface area (Å²) < 4.78 is 4.42. The fourth-order valence-electron chi connectivity index (χ4n) is 1.29. The molecule has 0 spiro atoms. The number of nitrogens with one attached hydrogen (secondary N) is 2. The molecule has 15 heavy (non-hydrogen) atoms. The summed E-state index contributed by atoms with van der Waals surface area (Å²) in [4.78, 5) is 22.3. The van der Waals surface area contributed by atoms with Crippen LogP contribution < -0.4 is 10.6 Å². The van der Waals surface area contributed by atoms with Gasteiger partial charge >= 0.3 is 5.97 Å². The van der Waals surface area contributed by atoms with E-state index >= 15 is 0 Å². The maximum Gasteiger partial charge on any atom is 0.325 e. The molecule has 0 saturated carbocycles. The van der Waals surface area contributed by atoms with Crippen molar-refractivity contribution in [3.8, 4) is 0 Å². The van der Waals surface area contributed by atoms with Gasteiger partial charge in [0.25, 0.3) is 0 Å². The van der Waals surface area contributed by atoms with Crippen LogP contribution in [0.3, 0.4) is 0 Å². The van der Waals surface area contributed by atoms with E-state index in [1.54, 1.807) is 11.8 Å². The third kappa shape index (κ3) is 3.71. The van der Waals surface area contributed by atoms with Gasteiger partial charge in [0, 0.05) is 5.75 Å². The molecule has 0 unspecified atom stereocenters. The van der Waals surface area contributed by atoms with Gasteiger partial charge in [-0.15, -0.1) is 11.8 Å². The van der Waals surface area contributed by atoms with E-state index in [0.717, 1.165) is 5.75 Å². The van der Waals surface area contributed by atoms with Crippen LogP contribution in [-0.4, -0.2) is 42.2 Å². The molecule has 1 saturated heterocycles. The second-order valence-corrected chi connectivity index (χ2v) is 5.45. The molecule has 86 valence electrons. The highest BCUT2D eigenvalue weighted by Gasteiger charge is 2.34. The van der Waals surface area contributed by atoms with Crippen LogP contribution in [0.1, 0.15) is 13.8 Å². The Morgan fingerprint density at radius 3 is 2.73 bits per heavy atom. The summed E-state index contributed by atoms with van der Waals surface area (Å²) >= 11 is 1.69.